The van der Waals surface area contributed by atoms with Crippen LogP contribution in [0, 0.1) is 0 Å². The van der Waals surface area contributed by atoms with E-state index in [1.807, 2.05) is 6.07 Å². The molecule has 3 N–H and O–H groups in total. The van der Waals surface area contributed by atoms with Crippen LogP contribution < -0.4 is 5.73 Å². The molecular formula is C9H12N2O2S. The van der Waals surface area contributed by atoms with E-state index in [4.69, 9.17) is 10.8 Å². The molecule has 0 radical (unpaired) electrons. The molecule has 0 aliphatic carbocycles. The fraction of sp³-hybridized carbons (Fsp3) is 0.444. The zero-order valence-corrected chi connectivity index (χ0v) is 8.51. The van der Waals surface area contributed by atoms with E-state index >= 15 is 0 Å². The first-order valence-electron chi connectivity index (χ1n) is 4.49. The second kappa shape index (κ2) is 3.59. The van der Waals surface area contributed by atoms with Crippen LogP contribution in [0.15, 0.2) is 6.07 Å². The number of amides is 1. The Hall–Kier alpha value is -1.07. The van der Waals surface area contributed by atoms with E-state index in [1.54, 1.807) is 11.3 Å². The Morgan fingerprint density at radius 3 is 3.14 bits per heavy atom. The van der Waals surface area contributed by atoms with Gasteiger partial charge in [-0.2, -0.15) is 0 Å². The van der Waals surface area contributed by atoms with Gasteiger partial charge in [0.1, 0.15) is 0 Å². The molecule has 2 heterocycles. The monoisotopic (exact) mass is 212 g/mol. The maximum atomic E-state index is 10.7. The molecule has 0 saturated heterocycles. The van der Waals surface area contributed by atoms with Crippen molar-refractivity contribution in [3.05, 3.63) is 21.4 Å². The van der Waals surface area contributed by atoms with Gasteiger partial charge in [-0.25, -0.2) is 4.79 Å². The first kappa shape index (κ1) is 9.48. The van der Waals surface area contributed by atoms with Gasteiger partial charge in [0.2, 0.25) is 0 Å². The number of fused-ring (bicyclic) bond motifs is 1. The quantitative estimate of drug-likeness (QED) is 0.736. The largest absolute Gasteiger partial charge is 0.465 e. The molecule has 0 bridgehead atoms. The first-order chi connectivity index (χ1) is 6.70. The lowest BCUT2D eigenvalue weighted by Gasteiger charge is -2.23. The van der Waals surface area contributed by atoms with Gasteiger partial charge in [0.15, 0.2) is 0 Å². The average Bonchev–Trinajstić information content (AvgIpc) is 2.58. The van der Waals surface area contributed by atoms with Crippen LogP contribution in [-0.4, -0.2) is 22.6 Å². The smallest absolute Gasteiger partial charge is 0.407 e. The lowest BCUT2D eigenvalue weighted by atomic mass is 10.1. The fourth-order valence-corrected chi connectivity index (χ4v) is 2.71. The minimum atomic E-state index is -0.837. The number of carbonyl (C=O) groups is 1. The van der Waals surface area contributed by atoms with Crippen LogP contribution in [0.25, 0.3) is 0 Å². The van der Waals surface area contributed by atoms with Crippen LogP contribution >= 0.6 is 11.3 Å². The van der Waals surface area contributed by atoms with Crippen LogP contribution in [0.2, 0.25) is 0 Å². The van der Waals surface area contributed by atoms with Crippen molar-refractivity contribution >= 4 is 17.4 Å². The summed E-state index contributed by atoms with van der Waals surface area (Å²) in [7, 11) is 0. The van der Waals surface area contributed by atoms with Crippen LogP contribution in [-0.2, 0) is 19.5 Å². The predicted octanol–water partition coefficient (Wildman–Crippen LogP) is 1.24. The van der Waals surface area contributed by atoms with Gasteiger partial charge in [-0.05, 0) is 18.1 Å². The molecule has 0 unspecified atom stereocenters. The first-order valence-corrected chi connectivity index (χ1v) is 5.30. The molecule has 0 fully saturated rings. The molecule has 1 amide bonds. The molecule has 1 aliphatic heterocycles. The van der Waals surface area contributed by atoms with Crippen molar-refractivity contribution in [2.75, 3.05) is 6.54 Å². The highest BCUT2D eigenvalue weighted by Crippen LogP contribution is 2.27. The zero-order valence-electron chi connectivity index (χ0n) is 7.69. The van der Waals surface area contributed by atoms with Crippen molar-refractivity contribution < 1.29 is 9.90 Å². The Bertz CT molecular complexity index is 362. The maximum Gasteiger partial charge on any atom is 0.407 e. The Morgan fingerprint density at radius 1 is 1.71 bits per heavy atom. The van der Waals surface area contributed by atoms with Gasteiger partial charge >= 0.3 is 6.09 Å². The van der Waals surface area contributed by atoms with Crippen molar-refractivity contribution in [2.45, 2.75) is 19.5 Å². The summed E-state index contributed by atoms with van der Waals surface area (Å²) < 4.78 is 0. The summed E-state index contributed by atoms with van der Waals surface area (Å²) in [4.78, 5) is 14.6. The molecular weight excluding hydrogens is 200 g/mol. The summed E-state index contributed by atoms with van der Waals surface area (Å²) >= 11 is 1.70. The molecule has 1 aromatic rings. The number of nitrogens with two attached hydrogens (primary N) is 1. The SMILES string of the molecule is NCc1cc2c(s1)CCN(C(=O)O)C2. The van der Waals surface area contributed by atoms with Crippen molar-refractivity contribution in [1.82, 2.24) is 4.90 Å². The van der Waals surface area contributed by atoms with Gasteiger partial charge in [0.05, 0.1) is 6.54 Å². The predicted molar refractivity (Wildman–Crippen MR) is 54.3 cm³/mol. The van der Waals surface area contributed by atoms with Crippen LogP contribution in [0.4, 0.5) is 4.79 Å². The molecule has 1 aliphatic rings. The minimum Gasteiger partial charge on any atom is -0.465 e. The van der Waals surface area contributed by atoms with Gasteiger partial charge < -0.3 is 15.7 Å². The molecule has 4 nitrogen and oxygen atoms in total. The standard InChI is InChI=1S/C9H12N2O2S/c10-4-7-3-6-5-11(9(12)13)2-1-8(6)14-7/h3H,1-2,4-5,10H2,(H,12,13). The number of rotatable bonds is 1. The minimum absolute atomic E-state index is 0.515. The van der Waals surface area contributed by atoms with E-state index in [1.165, 1.54) is 9.78 Å². The van der Waals surface area contributed by atoms with Crippen molar-refractivity contribution in [2.24, 2.45) is 5.73 Å². The molecule has 0 saturated carbocycles. The third-order valence-electron chi connectivity index (χ3n) is 2.39. The van der Waals surface area contributed by atoms with Crippen LogP contribution in [0.5, 0.6) is 0 Å². The lowest BCUT2D eigenvalue weighted by molar-refractivity contribution is 0.140. The molecule has 2 rings (SSSR count). The lowest BCUT2D eigenvalue weighted by Crippen LogP contribution is -2.33. The van der Waals surface area contributed by atoms with Gasteiger partial charge in [-0.1, -0.05) is 0 Å². The maximum absolute atomic E-state index is 10.7. The number of hydrogen-bond acceptors (Lipinski definition) is 3. The highest BCUT2D eigenvalue weighted by atomic mass is 32.1. The number of carboxylic acid groups (broad SMARTS) is 1. The molecule has 1 aromatic heterocycles. The van der Waals surface area contributed by atoms with Gasteiger partial charge in [0.25, 0.3) is 0 Å². The Labute approximate surface area is 85.9 Å². The summed E-state index contributed by atoms with van der Waals surface area (Å²) in [5, 5.41) is 8.83. The van der Waals surface area contributed by atoms with E-state index in [2.05, 4.69) is 0 Å². The molecule has 0 atom stereocenters. The van der Waals surface area contributed by atoms with E-state index in [-0.39, 0.29) is 0 Å². The van der Waals surface area contributed by atoms with Crippen LogP contribution in [0.1, 0.15) is 15.3 Å². The molecule has 14 heavy (non-hydrogen) atoms. The van der Waals surface area contributed by atoms with E-state index in [0.717, 1.165) is 16.9 Å². The topological polar surface area (TPSA) is 66.6 Å². The average molecular weight is 212 g/mol. The van der Waals surface area contributed by atoms with Crippen molar-refractivity contribution in [3.8, 4) is 0 Å². The third kappa shape index (κ3) is 1.60. The second-order valence-electron chi connectivity index (χ2n) is 3.32. The molecule has 0 aromatic carbocycles. The van der Waals surface area contributed by atoms with Crippen LogP contribution in [0.3, 0.4) is 0 Å². The number of thiophene rings is 1. The highest BCUT2D eigenvalue weighted by molar-refractivity contribution is 7.12. The summed E-state index contributed by atoms with van der Waals surface area (Å²) in [5.74, 6) is 0. The number of hydrogen-bond donors (Lipinski definition) is 2. The summed E-state index contributed by atoms with van der Waals surface area (Å²) in [6.07, 6.45) is -0.0112. The van der Waals surface area contributed by atoms with Gasteiger partial charge in [-0.3, -0.25) is 0 Å². The van der Waals surface area contributed by atoms with E-state index in [0.29, 0.717) is 19.6 Å². The van der Waals surface area contributed by atoms with Crippen molar-refractivity contribution in [3.63, 3.8) is 0 Å². The normalized spacial score (nSPS) is 15.4. The Kier molecular flexibility index (Phi) is 2.43. The molecule has 0 spiro atoms. The van der Waals surface area contributed by atoms with Gasteiger partial charge in [0, 0.05) is 22.8 Å². The Balaban J connectivity index is 2.21. The second-order valence-corrected chi connectivity index (χ2v) is 4.54. The number of nitrogens with zero attached hydrogens (tertiary/aromatic N) is 1. The van der Waals surface area contributed by atoms with Gasteiger partial charge in [-0.15, -0.1) is 11.3 Å². The summed E-state index contributed by atoms with van der Waals surface area (Å²) in [6.45, 7) is 1.67. The van der Waals surface area contributed by atoms with E-state index in [9.17, 15) is 4.79 Å². The summed E-state index contributed by atoms with van der Waals surface area (Å²) in [6, 6.07) is 2.02. The van der Waals surface area contributed by atoms with E-state index < -0.39 is 6.09 Å². The third-order valence-corrected chi connectivity index (χ3v) is 3.65. The fourth-order valence-electron chi connectivity index (χ4n) is 1.66. The summed E-state index contributed by atoms with van der Waals surface area (Å²) in [5.41, 5.74) is 6.67. The van der Waals surface area contributed by atoms with Crippen molar-refractivity contribution in [1.29, 1.82) is 0 Å². The highest BCUT2D eigenvalue weighted by Gasteiger charge is 2.21. The zero-order chi connectivity index (χ0) is 10.1. The molecule has 76 valence electrons. The Morgan fingerprint density at radius 2 is 2.50 bits per heavy atom. The molecule has 5 heteroatoms.